The van der Waals surface area contributed by atoms with Crippen LogP contribution in [0.1, 0.15) is 58.1 Å². The molecule has 1 saturated carbocycles. The van der Waals surface area contributed by atoms with Crippen LogP contribution in [0.15, 0.2) is 12.1 Å². The zero-order valence-corrected chi connectivity index (χ0v) is 13.0. The number of halogens is 3. The third kappa shape index (κ3) is 3.42. The lowest BCUT2D eigenvalue weighted by Crippen LogP contribution is -2.35. The van der Waals surface area contributed by atoms with Crippen molar-refractivity contribution in [3.05, 3.63) is 35.1 Å². The molecular formula is C17H24F3N. The molecule has 0 heterocycles. The maximum Gasteiger partial charge on any atom is 0.133 e. The van der Waals surface area contributed by atoms with E-state index in [4.69, 9.17) is 0 Å². The fourth-order valence-corrected chi connectivity index (χ4v) is 3.57. The van der Waals surface area contributed by atoms with Gasteiger partial charge in [-0.25, -0.2) is 13.2 Å². The summed E-state index contributed by atoms with van der Waals surface area (Å²) in [5.74, 6) is -2.29. The lowest BCUT2D eigenvalue weighted by Gasteiger charge is -2.35. The summed E-state index contributed by atoms with van der Waals surface area (Å²) in [5, 5.41) is 3.28. The Hall–Kier alpha value is -1.03. The zero-order valence-electron chi connectivity index (χ0n) is 13.0. The van der Waals surface area contributed by atoms with E-state index < -0.39 is 23.5 Å². The number of benzene rings is 1. The predicted molar refractivity (Wildman–Crippen MR) is 78.5 cm³/mol. The number of hydrogen-bond donors (Lipinski definition) is 1. The lowest BCUT2D eigenvalue weighted by atomic mass is 9.75. The Kier molecular flexibility index (Phi) is 4.97. The fraction of sp³-hybridized carbons (Fsp3) is 0.647. The Morgan fingerprint density at radius 2 is 1.86 bits per heavy atom. The van der Waals surface area contributed by atoms with Crippen molar-refractivity contribution in [3.8, 4) is 0 Å². The summed E-state index contributed by atoms with van der Waals surface area (Å²) in [6.45, 7) is 6.99. The molecule has 0 aromatic heterocycles. The molecule has 0 amide bonds. The summed E-state index contributed by atoms with van der Waals surface area (Å²) in [7, 11) is 0. The molecule has 4 heteroatoms. The highest BCUT2D eigenvalue weighted by atomic mass is 19.1. The first-order valence-corrected chi connectivity index (χ1v) is 7.74. The van der Waals surface area contributed by atoms with Crippen LogP contribution >= 0.6 is 0 Å². The van der Waals surface area contributed by atoms with Crippen LogP contribution in [0.25, 0.3) is 0 Å². The maximum atomic E-state index is 14.2. The Bertz CT molecular complexity index is 476. The molecule has 1 aromatic rings. The van der Waals surface area contributed by atoms with Crippen LogP contribution in [0.4, 0.5) is 13.2 Å². The van der Waals surface area contributed by atoms with Crippen molar-refractivity contribution in [1.82, 2.24) is 5.32 Å². The summed E-state index contributed by atoms with van der Waals surface area (Å²) in [6, 6.07) is 1.16. The molecule has 0 radical (unpaired) electrons. The minimum absolute atomic E-state index is 0.00942. The van der Waals surface area contributed by atoms with Crippen molar-refractivity contribution in [2.45, 2.75) is 52.5 Å². The zero-order chi connectivity index (χ0) is 15.6. The Balaban J connectivity index is 2.41. The smallest absolute Gasteiger partial charge is 0.133 e. The molecule has 0 spiro atoms. The van der Waals surface area contributed by atoms with Gasteiger partial charge in [-0.1, -0.05) is 27.2 Å². The quantitative estimate of drug-likeness (QED) is 0.809. The van der Waals surface area contributed by atoms with Crippen LogP contribution in [0.5, 0.6) is 0 Å². The van der Waals surface area contributed by atoms with Gasteiger partial charge in [0.25, 0.3) is 0 Å². The summed E-state index contributed by atoms with van der Waals surface area (Å²) in [4.78, 5) is 0. The molecule has 0 aliphatic heterocycles. The van der Waals surface area contributed by atoms with E-state index in [0.29, 0.717) is 6.54 Å². The van der Waals surface area contributed by atoms with E-state index in [1.807, 2.05) is 6.92 Å². The lowest BCUT2D eigenvalue weighted by molar-refractivity contribution is 0.191. The highest BCUT2D eigenvalue weighted by Crippen LogP contribution is 2.49. The standard InChI is InChI=1S/C17H24F3N/c1-4-8-21-16(12-6-5-7-17(12,2)3)15-13(19)9-11(18)10-14(15)20/h9-10,12,16,21H,4-8H2,1-3H3. The van der Waals surface area contributed by atoms with Gasteiger partial charge in [0.1, 0.15) is 17.5 Å². The van der Waals surface area contributed by atoms with Gasteiger partial charge >= 0.3 is 0 Å². The number of nitrogens with one attached hydrogen (secondary N) is 1. The first-order chi connectivity index (χ1) is 9.86. The molecule has 0 bridgehead atoms. The molecule has 1 fully saturated rings. The van der Waals surface area contributed by atoms with Crippen molar-refractivity contribution >= 4 is 0 Å². The van der Waals surface area contributed by atoms with Crippen molar-refractivity contribution in [3.63, 3.8) is 0 Å². The van der Waals surface area contributed by atoms with Gasteiger partial charge in [0.2, 0.25) is 0 Å². The maximum absolute atomic E-state index is 14.2. The molecule has 0 saturated heterocycles. The highest BCUT2D eigenvalue weighted by molar-refractivity contribution is 5.26. The van der Waals surface area contributed by atoms with Crippen LogP contribution in [-0.2, 0) is 0 Å². The summed E-state index contributed by atoms with van der Waals surface area (Å²) < 4.78 is 41.5. The Morgan fingerprint density at radius 3 is 2.33 bits per heavy atom. The molecule has 1 aliphatic carbocycles. The van der Waals surface area contributed by atoms with E-state index in [-0.39, 0.29) is 16.9 Å². The van der Waals surface area contributed by atoms with E-state index in [1.54, 1.807) is 0 Å². The second-order valence-corrected chi connectivity index (χ2v) is 6.70. The molecule has 2 unspecified atom stereocenters. The Labute approximate surface area is 124 Å². The van der Waals surface area contributed by atoms with Gasteiger partial charge < -0.3 is 5.32 Å². The molecule has 1 N–H and O–H groups in total. The average molecular weight is 299 g/mol. The SMILES string of the molecule is CCCNC(c1c(F)cc(F)cc1F)C1CCCC1(C)C. The normalized spacial score (nSPS) is 22.5. The summed E-state index contributed by atoms with van der Waals surface area (Å²) >= 11 is 0. The molecule has 2 rings (SSSR count). The van der Waals surface area contributed by atoms with Crippen LogP contribution in [0, 0.1) is 28.8 Å². The number of rotatable bonds is 5. The van der Waals surface area contributed by atoms with E-state index in [2.05, 4.69) is 19.2 Å². The van der Waals surface area contributed by atoms with E-state index in [9.17, 15) is 13.2 Å². The molecule has 1 aliphatic rings. The molecule has 2 atom stereocenters. The van der Waals surface area contributed by atoms with Crippen molar-refractivity contribution in [1.29, 1.82) is 0 Å². The molecule has 118 valence electrons. The minimum Gasteiger partial charge on any atom is -0.309 e. The third-order valence-corrected chi connectivity index (χ3v) is 4.71. The fourth-order valence-electron chi connectivity index (χ4n) is 3.57. The van der Waals surface area contributed by atoms with Crippen molar-refractivity contribution in [2.75, 3.05) is 6.54 Å². The van der Waals surface area contributed by atoms with Crippen LogP contribution < -0.4 is 5.32 Å². The molecular weight excluding hydrogens is 275 g/mol. The van der Waals surface area contributed by atoms with Crippen LogP contribution in [0.2, 0.25) is 0 Å². The summed E-state index contributed by atoms with van der Waals surface area (Å²) in [5.41, 5.74) is 0.0170. The minimum atomic E-state index is -0.867. The second kappa shape index (κ2) is 6.39. The topological polar surface area (TPSA) is 12.0 Å². The first kappa shape index (κ1) is 16.3. The van der Waals surface area contributed by atoms with E-state index in [1.165, 1.54) is 0 Å². The molecule has 21 heavy (non-hydrogen) atoms. The third-order valence-electron chi connectivity index (χ3n) is 4.71. The van der Waals surface area contributed by atoms with Gasteiger partial charge in [-0.15, -0.1) is 0 Å². The van der Waals surface area contributed by atoms with Gasteiger partial charge in [0, 0.05) is 23.7 Å². The monoisotopic (exact) mass is 299 g/mol. The largest absolute Gasteiger partial charge is 0.309 e. The van der Waals surface area contributed by atoms with Gasteiger partial charge in [0.15, 0.2) is 0 Å². The van der Waals surface area contributed by atoms with E-state index >= 15 is 0 Å². The van der Waals surface area contributed by atoms with Crippen LogP contribution in [-0.4, -0.2) is 6.54 Å². The van der Waals surface area contributed by atoms with Gasteiger partial charge in [-0.2, -0.15) is 0 Å². The Morgan fingerprint density at radius 1 is 1.24 bits per heavy atom. The van der Waals surface area contributed by atoms with Crippen molar-refractivity contribution in [2.24, 2.45) is 11.3 Å². The molecule has 1 aromatic carbocycles. The first-order valence-electron chi connectivity index (χ1n) is 7.74. The van der Waals surface area contributed by atoms with Gasteiger partial charge in [-0.3, -0.25) is 0 Å². The predicted octanol–water partition coefficient (Wildman–Crippen LogP) is 4.97. The van der Waals surface area contributed by atoms with Crippen molar-refractivity contribution < 1.29 is 13.2 Å². The van der Waals surface area contributed by atoms with E-state index in [0.717, 1.165) is 37.8 Å². The highest BCUT2D eigenvalue weighted by Gasteiger charge is 2.41. The van der Waals surface area contributed by atoms with Gasteiger partial charge in [-0.05, 0) is 37.1 Å². The van der Waals surface area contributed by atoms with Gasteiger partial charge in [0.05, 0.1) is 0 Å². The van der Waals surface area contributed by atoms with Crippen LogP contribution in [0.3, 0.4) is 0 Å². The number of hydrogen-bond acceptors (Lipinski definition) is 1. The summed E-state index contributed by atoms with van der Waals surface area (Å²) in [6.07, 6.45) is 3.93. The molecule has 1 nitrogen and oxygen atoms in total. The average Bonchev–Trinajstić information content (AvgIpc) is 2.72. The second-order valence-electron chi connectivity index (χ2n) is 6.70.